The van der Waals surface area contributed by atoms with Gasteiger partial charge in [0.15, 0.2) is 0 Å². The molecule has 0 spiro atoms. The minimum Gasteiger partial charge on any atom is -0.346 e. The molecule has 1 unspecified atom stereocenters. The predicted molar refractivity (Wildman–Crippen MR) is 67.3 cm³/mol. The van der Waals surface area contributed by atoms with Crippen molar-refractivity contribution in [3.8, 4) is 0 Å². The molecule has 1 saturated heterocycles. The van der Waals surface area contributed by atoms with E-state index < -0.39 is 0 Å². The van der Waals surface area contributed by atoms with Crippen LogP contribution in [0.1, 0.15) is 39.5 Å². The van der Waals surface area contributed by atoms with Crippen LogP contribution in [0, 0.1) is 11.8 Å². The maximum Gasteiger partial charge on any atom is 0.222 e. The van der Waals surface area contributed by atoms with Crippen LogP contribution in [0.25, 0.3) is 0 Å². The van der Waals surface area contributed by atoms with Gasteiger partial charge in [0, 0.05) is 20.0 Å². The van der Waals surface area contributed by atoms with Crippen molar-refractivity contribution in [2.75, 3.05) is 26.7 Å². The Morgan fingerprint density at radius 1 is 1.44 bits per heavy atom. The summed E-state index contributed by atoms with van der Waals surface area (Å²) in [5.41, 5.74) is 0. The van der Waals surface area contributed by atoms with Gasteiger partial charge in [-0.1, -0.05) is 13.8 Å². The summed E-state index contributed by atoms with van der Waals surface area (Å²) in [5.74, 6) is 1.59. The van der Waals surface area contributed by atoms with Crippen molar-refractivity contribution < 1.29 is 4.79 Å². The zero-order valence-corrected chi connectivity index (χ0v) is 11.0. The van der Waals surface area contributed by atoms with Gasteiger partial charge in [-0.3, -0.25) is 4.79 Å². The molecule has 16 heavy (non-hydrogen) atoms. The fourth-order valence-corrected chi connectivity index (χ4v) is 2.47. The Hall–Kier alpha value is -0.570. The van der Waals surface area contributed by atoms with Crippen molar-refractivity contribution in [2.45, 2.75) is 39.5 Å². The van der Waals surface area contributed by atoms with Gasteiger partial charge in [0.25, 0.3) is 0 Å². The molecule has 94 valence electrons. The second-order valence-corrected chi connectivity index (χ2v) is 5.08. The molecule has 3 heteroatoms. The Bertz CT molecular complexity index is 212. The number of piperidine rings is 1. The summed E-state index contributed by atoms with van der Waals surface area (Å²) < 4.78 is 0. The molecule has 1 rings (SSSR count). The molecule has 0 bridgehead atoms. The van der Waals surface area contributed by atoms with E-state index in [1.807, 2.05) is 11.9 Å². The molecule has 1 aliphatic rings. The topological polar surface area (TPSA) is 32.3 Å². The van der Waals surface area contributed by atoms with Gasteiger partial charge in [-0.2, -0.15) is 0 Å². The minimum absolute atomic E-state index is 0.313. The third kappa shape index (κ3) is 4.12. The molecule has 0 aromatic rings. The quantitative estimate of drug-likeness (QED) is 0.776. The van der Waals surface area contributed by atoms with Crippen molar-refractivity contribution in [1.29, 1.82) is 0 Å². The molecule has 1 N–H and O–H groups in total. The minimum atomic E-state index is 0.313. The van der Waals surface area contributed by atoms with E-state index in [9.17, 15) is 4.79 Å². The van der Waals surface area contributed by atoms with Gasteiger partial charge in [0.05, 0.1) is 0 Å². The summed E-state index contributed by atoms with van der Waals surface area (Å²) in [6.07, 6.45) is 4.23. The van der Waals surface area contributed by atoms with Crippen LogP contribution in [0.4, 0.5) is 0 Å². The summed E-state index contributed by atoms with van der Waals surface area (Å²) in [6, 6.07) is 0. The smallest absolute Gasteiger partial charge is 0.222 e. The number of amides is 1. The maximum absolute atomic E-state index is 11.9. The molecule has 3 nitrogen and oxygen atoms in total. The Kier molecular flexibility index (Phi) is 5.81. The second kappa shape index (κ2) is 6.89. The zero-order valence-electron chi connectivity index (χ0n) is 11.0. The van der Waals surface area contributed by atoms with Crippen LogP contribution in [0.3, 0.4) is 0 Å². The first-order chi connectivity index (χ1) is 7.65. The van der Waals surface area contributed by atoms with E-state index in [1.165, 1.54) is 12.8 Å². The van der Waals surface area contributed by atoms with Gasteiger partial charge in [0.1, 0.15) is 0 Å². The number of hydrogen-bond acceptors (Lipinski definition) is 2. The van der Waals surface area contributed by atoms with E-state index in [2.05, 4.69) is 19.2 Å². The average Bonchev–Trinajstić information content (AvgIpc) is 2.30. The van der Waals surface area contributed by atoms with E-state index in [0.717, 1.165) is 38.4 Å². The third-order valence-electron chi connectivity index (χ3n) is 3.67. The molecule has 0 aromatic carbocycles. The highest BCUT2D eigenvalue weighted by atomic mass is 16.2. The number of hydrogen-bond donors (Lipinski definition) is 1. The summed E-state index contributed by atoms with van der Waals surface area (Å²) in [6.45, 7) is 7.47. The first-order valence-electron chi connectivity index (χ1n) is 6.59. The van der Waals surface area contributed by atoms with Crippen molar-refractivity contribution in [3.63, 3.8) is 0 Å². The van der Waals surface area contributed by atoms with Crippen LogP contribution < -0.4 is 5.32 Å². The normalized spacial score (nSPS) is 19.4. The molecule has 1 amide bonds. The van der Waals surface area contributed by atoms with E-state index in [4.69, 9.17) is 0 Å². The molecule has 0 aromatic heterocycles. The van der Waals surface area contributed by atoms with Crippen molar-refractivity contribution >= 4 is 5.91 Å². The molecule has 1 fully saturated rings. The van der Waals surface area contributed by atoms with Crippen molar-refractivity contribution in [1.82, 2.24) is 10.2 Å². The van der Waals surface area contributed by atoms with E-state index in [-0.39, 0.29) is 0 Å². The van der Waals surface area contributed by atoms with Crippen LogP contribution in [-0.4, -0.2) is 37.5 Å². The van der Waals surface area contributed by atoms with Gasteiger partial charge < -0.3 is 10.2 Å². The van der Waals surface area contributed by atoms with Gasteiger partial charge in [0.2, 0.25) is 5.91 Å². The monoisotopic (exact) mass is 226 g/mol. The second-order valence-electron chi connectivity index (χ2n) is 5.08. The summed E-state index contributed by atoms with van der Waals surface area (Å²) in [7, 11) is 1.92. The molecular weight excluding hydrogens is 200 g/mol. The van der Waals surface area contributed by atoms with Gasteiger partial charge in [-0.15, -0.1) is 0 Å². The number of rotatable bonds is 5. The van der Waals surface area contributed by atoms with E-state index >= 15 is 0 Å². The van der Waals surface area contributed by atoms with Crippen LogP contribution >= 0.6 is 0 Å². The fraction of sp³-hybridized carbons (Fsp3) is 0.923. The van der Waals surface area contributed by atoms with E-state index in [0.29, 0.717) is 11.8 Å². The Morgan fingerprint density at radius 2 is 2.06 bits per heavy atom. The lowest BCUT2D eigenvalue weighted by atomic mass is 9.84. The highest BCUT2D eigenvalue weighted by Gasteiger charge is 2.22. The largest absolute Gasteiger partial charge is 0.346 e. The lowest BCUT2D eigenvalue weighted by Gasteiger charge is -2.29. The summed E-state index contributed by atoms with van der Waals surface area (Å²) in [4.78, 5) is 13.8. The lowest BCUT2D eigenvalue weighted by Crippen LogP contribution is -2.34. The third-order valence-corrected chi connectivity index (χ3v) is 3.67. The van der Waals surface area contributed by atoms with Gasteiger partial charge in [-0.05, 0) is 44.2 Å². The first-order valence-corrected chi connectivity index (χ1v) is 6.59. The molecule has 1 aliphatic heterocycles. The molecule has 1 atom stereocenters. The standard InChI is InChI=1S/C13H26N2O/c1-4-9-15(3)13(16)10-11(2)12-5-7-14-8-6-12/h11-12,14H,4-10H2,1-3H3. The van der Waals surface area contributed by atoms with Gasteiger partial charge in [-0.25, -0.2) is 0 Å². The number of carbonyl (C=O) groups excluding carboxylic acids is 1. The number of nitrogens with one attached hydrogen (secondary N) is 1. The molecule has 0 aliphatic carbocycles. The highest BCUT2D eigenvalue weighted by molar-refractivity contribution is 5.76. The predicted octanol–water partition coefficient (Wildman–Crippen LogP) is 1.88. The molecule has 0 saturated carbocycles. The van der Waals surface area contributed by atoms with Crippen molar-refractivity contribution in [3.05, 3.63) is 0 Å². The first kappa shape index (κ1) is 13.5. The Morgan fingerprint density at radius 3 is 2.62 bits per heavy atom. The van der Waals surface area contributed by atoms with Crippen LogP contribution in [-0.2, 0) is 4.79 Å². The average molecular weight is 226 g/mol. The Labute approximate surface area is 99.6 Å². The molecule has 1 heterocycles. The number of nitrogens with zero attached hydrogens (tertiary/aromatic N) is 1. The van der Waals surface area contributed by atoms with Crippen LogP contribution in [0.2, 0.25) is 0 Å². The summed E-state index contributed by atoms with van der Waals surface area (Å²) >= 11 is 0. The SMILES string of the molecule is CCCN(C)C(=O)CC(C)C1CCNCC1. The Balaban J connectivity index is 2.31. The zero-order chi connectivity index (χ0) is 12.0. The molecule has 0 radical (unpaired) electrons. The summed E-state index contributed by atoms with van der Waals surface area (Å²) in [5, 5.41) is 3.37. The fourth-order valence-electron chi connectivity index (χ4n) is 2.47. The van der Waals surface area contributed by atoms with E-state index in [1.54, 1.807) is 0 Å². The highest BCUT2D eigenvalue weighted by Crippen LogP contribution is 2.24. The van der Waals surface area contributed by atoms with Gasteiger partial charge >= 0.3 is 0 Å². The maximum atomic E-state index is 11.9. The van der Waals surface area contributed by atoms with Crippen LogP contribution in [0.5, 0.6) is 0 Å². The lowest BCUT2D eigenvalue weighted by molar-refractivity contribution is -0.131. The van der Waals surface area contributed by atoms with Crippen LogP contribution in [0.15, 0.2) is 0 Å². The molecular formula is C13H26N2O. The number of carbonyl (C=O) groups is 1. The van der Waals surface area contributed by atoms with Crippen molar-refractivity contribution in [2.24, 2.45) is 11.8 Å².